The maximum atomic E-state index is 13.2. The molecule has 2 heteroatoms. The van der Waals surface area contributed by atoms with Gasteiger partial charge in [-0.1, -0.05) is 36.4 Å². The number of hydrogen-bond donors (Lipinski definition) is 0. The van der Waals surface area contributed by atoms with Crippen LogP contribution in [-0.4, -0.2) is 14.1 Å². The smallest absolute Gasteiger partial charge is 0.125 e. The van der Waals surface area contributed by atoms with Crippen molar-refractivity contribution in [2.45, 2.75) is 12.8 Å². The highest BCUT2D eigenvalue weighted by molar-refractivity contribution is 5.53. The van der Waals surface area contributed by atoms with Crippen LogP contribution in [-0.2, 0) is 12.8 Å². The van der Waals surface area contributed by atoms with Gasteiger partial charge in [0.1, 0.15) is 5.82 Å². The minimum absolute atomic E-state index is 0.179. The highest BCUT2D eigenvalue weighted by Gasteiger charge is 2.06. The van der Waals surface area contributed by atoms with E-state index in [9.17, 15) is 4.39 Å². The molecule has 0 saturated carbocycles. The number of aryl methyl sites for hydroxylation is 2. The Bertz CT molecular complexity index is 506. The van der Waals surface area contributed by atoms with Crippen LogP contribution in [0, 0.1) is 5.82 Å². The van der Waals surface area contributed by atoms with Crippen molar-refractivity contribution in [2.75, 3.05) is 19.0 Å². The molecule has 0 fully saturated rings. The summed E-state index contributed by atoms with van der Waals surface area (Å²) < 4.78 is 13.2. The van der Waals surface area contributed by atoms with Crippen LogP contribution >= 0.6 is 0 Å². The monoisotopic (exact) mass is 243 g/mol. The Morgan fingerprint density at radius 1 is 0.944 bits per heavy atom. The van der Waals surface area contributed by atoms with Gasteiger partial charge in [0.2, 0.25) is 0 Å². The summed E-state index contributed by atoms with van der Waals surface area (Å²) in [6.07, 6.45) is 1.91. The first kappa shape index (κ1) is 12.6. The predicted octanol–water partition coefficient (Wildman–Crippen LogP) is 3.68. The molecule has 0 aliphatic heterocycles. The predicted molar refractivity (Wildman–Crippen MR) is 74.6 cm³/mol. The Kier molecular flexibility index (Phi) is 3.98. The van der Waals surface area contributed by atoms with Gasteiger partial charge < -0.3 is 4.90 Å². The number of hydrogen-bond acceptors (Lipinski definition) is 1. The fraction of sp³-hybridized carbons (Fsp3) is 0.250. The molecule has 94 valence electrons. The summed E-state index contributed by atoms with van der Waals surface area (Å²) in [5.74, 6) is -0.179. The Morgan fingerprint density at radius 2 is 1.67 bits per heavy atom. The molecule has 0 saturated heterocycles. The molecule has 2 aromatic rings. The molecule has 0 radical (unpaired) electrons. The van der Waals surface area contributed by atoms with Crippen molar-refractivity contribution < 1.29 is 4.39 Å². The molecule has 0 unspecified atom stereocenters. The van der Waals surface area contributed by atoms with Crippen LogP contribution in [0.4, 0.5) is 10.1 Å². The lowest BCUT2D eigenvalue weighted by atomic mass is 10.0. The van der Waals surface area contributed by atoms with Gasteiger partial charge in [-0.25, -0.2) is 4.39 Å². The number of benzene rings is 2. The maximum absolute atomic E-state index is 13.2. The van der Waals surface area contributed by atoms with Gasteiger partial charge in [-0.3, -0.25) is 0 Å². The molecule has 0 aromatic heterocycles. The van der Waals surface area contributed by atoms with Crippen LogP contribution < -0.4 is 4.90 Å². The quantitative estimate of drug-likeness (QED) is 0.792. The molecule has 0 atom stereocenters. The third-order valence-corrected chi connectivity index (χ3v) is 3.05. The largest absolute Gasteiger partial charge is 0.377 e. The fourth-order valence-electron chi connectivity index (χ4n) is 2.09. The number of rotatable bonds is 4. The Labute approximate surface area is 108 Å². The van der Waals surface area contributed by atoms with Crippen molar-refractivity contribution in [2.24, 2.45) is 0 Å². The summed E-state index contributed by atoms with van der Waals surface area (Å²) in [5, 5.41) is 0. The van der Waals surface area contributed by atoms with Crippen molar-refractivity contribution in [3.05, 3.63) is 65.5 Å². The van der Waals surface area contributed by atoms with Gasteiger partial charge in [-0.2, -0.15) is 0 Å². The number of nitrogens with zero attached hydrogens (tertiary/aromatic N) is 1. The lowest BCUT2D eigenvalue weighted by Crippen LogP contribution is -2.12. The van der Waals surface area contributed by atoms with Gasteiger partial charge in [-0.05, 0) is 36.1 Å². The maximum Gasteiger partial charge on any atom is 0.125 e. The Hall–Kier alpha value is -1.83. The summed E-state index contributed by atoms with van der Waals surface area (Å²) in [6, 6.07) is 15.4. The molecule has 2 rings (SSSR count). The average Bonchev–Trinajstić information content (AvgIpc) is 2.38. The zero-order chi connectivity index (χ0) is 13.0. The molecule has 0 amide bonds. The third kappa shape index (κ3) is 3.10. The summed E-state index contributed by atoms with van der Waals surface area (Å²) in [5.41, 5.74) is 3.46. The zero-order valence-corrected chi connectivity index (χ0v) is 10.9. The third-order valence-electron chi connectivity index (χ3n) is 3.05. The standard InChI is InChI=1S/C16H18FN/c1-18(2)16-12-15(17)11-10-14(16)9-8-13-6-4-3-5-7-13/h3-7,10-12H,8-9H2,1-2H3. The van der Waals surface area contributed by atoms with Crippen molar-refractivity contribution in [3.63, 3.8) is 0 Å². The van der Waals surface area contributed by atoms with Crippen LogP contribution in [0.2, 0.25) is 0 Å². The van der Waals surface area contributed by atoms with E-state index in [1.807, 2.05) is 43.3 Å². The Morgan fingerprint density at radius 3 is 2.33 bits per heavy atom. The van der Waals surface area contributed by atoms with E-state index in [-0.39, 0.29) is 5.82 Å². The summed E-state index contributed by atoms with van der Waals surface area (Å²) >= 11 is 0. The first-order valence-electron chi connectivity index (χ1n) is 6.16. The second kappa shape index (κ2) is 5.67. The lowest BCUT2D eigenvalue weighted by Gasteiger charge is -2.17. The van der Waals surface area contributed by atoms with Gasteiger partial charge in [0, 0.05) is 19.8 Å². The Balaban J connectivity index is 2.14. The second-order valence-corrected chi connectivity index (χ2v) is 4.65. The van der Waals surface area contributed by atoms with E-state index in [1.54, 1.807) is 6.07 Å². The van der Waals surface area contributed by atoms with E-state index in [1.165, 1.54) is 17.2 Å². The average molecular weight is 243 g/mol. The highest BCUT2D eigenvalue weighted by atomic mass is 19.1. The van der Waals surface area contributed by atoms with Crippen LogP contribution in [0.15, 0.2) is 48.5 Å². The fourth-order valence-corrected chi connectivity index (χ4v) is 2.09. The van der Waals surface area contributed by atoms with Crippen LogP contribution in [0.3, 0.4) is 0 Å². The van der Waals surface area contributed by atoms with Crippen LogP contribution in [0.1, 0.15) is 11.1 Å². The molecular weight excluding hydrogens is 225 g/mol. The number of anilines is 1. The van der Waals surface area contributed by atoms with Gasteiger partial charge in [0.15, 0.2) is 0 Å². The lowest BCUT2D eigenvalue weighted by molar-refractivity contribution is 0.626. The summed E-state index contributed by atoms with van der Waals surface area (Å²) in [7, 11) is 3.89. The molecule has 0 heterocycles. The minimum Gasteiger partial charge on any atom is -0.377 e. The molecule has 0 bridgehead atoms. The second-order valence-electron chi connectivity index (χ2n) is 4.65. The van der Waals surface area contributed by atoms with Crippen molar-refractivity contribution in [1.82, 2.24) is 0 Å². The SMILES string of the molecule is CN(C)c1cc(F)ccc1CCc1ccccc1. The van der Waals surface area contributed by atoms with E-state index in [0.29, 0.717) is 0 Å². The molecule has 0 aliphatic carbocycles. The van der Waals surface area contributed by atoms with Crippen molar-refractivity contribution in [1.29, 1.82) is 0 Å². The van der Waals surface area contributed by atoms with Gasteiger partial charge in [0.05, 0.1) is 0 Å². The minimum atomic E-state index is -0.179. The van der Waals surface area contributed by atoms with Gasteiger partial charge >= 0.3 is 0 Å². The highest BCUT2D eigenvalue weighted by Crippen LogP contribution is 2.21. The molecule has 0 aliphatic rings. The van der Waals surface area contributed by atoms with E-state index in [2.05, 4.69) is 12.1 Å². The summed E-state index contributed by atoms with van der Waals surface area (Å²) in [6.45, 7) is 0. The zero-order valence-electron chi connectivity index (χ0n) is 10.9. The molecule has 1 nitrogen and oxygen atoms in total. The van der Waals surface area contributed by atoms with Crippen molar-refractivity contribution in [3.8, 4) is 0 Å². The van der Waals surface area contributed by atoms with E-state index in [4.69, 9.17) is 0 Å². The van der Waals surface area contributed by atoms with Gasteiger partial charge in [0.25, 0.3) is 0 Å². The summed E-state index contributed by atoms with van der Waals surface area (Å²) in [4.78, 5) is 1.96. The molecule has 18 heavy (non-hydrogen) atoms. The molecular formula is C16H18FN. The molecule has 2 aromatic carbocycles. The van der Waals surface area contributed by atoms with E-state index in [0.717, 1.165) is 18.5 Å². The van der Waals surface area contributed by atoms with E-state index >= 15 is 0 Å². The molecule has 0 spiro atoms. The van der Waals surface area contributed by atoms with Crippen LogP contribution in [0.25, 0.3) is 0 Å². The van der Waals surface area contributed by atoms with Gasteiger partial charge in [-0.15, -0.1) is 0 Å². The first-order chi connectivity index (χ1) is 8.66. The van der Waals surface area contributed by atoms with Crippen LogP contribution in [0.5, 0.6) is 0 Å². The normalized spacial score (nSPS) is 10.4. The molecule has 0 N–H and O–H groups in total. The first-order valence-corrected chi connectivity index (χ1v) is 6.16. The topological polar surface area (TPSA) is 3.24 Å². The van der Waals surface area contributed by atoms with E-state index < -0.39 is 0 Å². The van der Waals surface area contributed by atoms with Crippen molar-refractivity contribution >= 4 is 5.69 Å². The number of halogens is 1.